The second kappa shape index (κ2) is 7.02. The molecule has 1 aliphatic carbocycles. The number of rotatable bonds is 6. The first-order valence-corrected chi connectivity index (χ1v) is 8.00. The van der Waals surface area contributed by atoms with Crippen LogP contribution in [0, 0.1) is 0 Å². The molecule has 0 bridgehead atoms. The molecule has 0 aromatic heterocycles. The van der Waals surface area contributed by atoms with Crippen molar-refractivity contribution in [3.8, 4) is 0 Å². The quantitative estimate of drug-likeness (QED) is 0.800. The highest BCUT2D eigenvalue weighted by atomic mass is 16.7. The Bertz CT molecular complexity index is 263. The van der Waals surface area contributed by atoms with Gasteiger partial charge in [-0.3, -0.25) is 4.90 Å². The molecule has 1 aliphatic heterocycles. The van der Waals surface area contributed by atoms with E-state index in [9.17, 15) is 0 Å². The first-order valence-electron chi connectivity index (χ1n) is 8.00. The molecule has 0 aromatic rings. The molecule has 112 valence electrons. The van der Waals surface area contributed by atoms with Crippen LogP contribution >= 0.6 is 0 Å². The van der Waals surface area contributed by atoms with E-state index >= 15 is 0 Å². The van der Waals surface area contributed by atoms with Gasteiger partial charge in [0.1, 0.15) is 0 Å². The average molecular weight is 270 g/mol. The highest BCUT2D eigenvalue weighted by Gasteiger charge is 2.46. The van der Waals surface area contributed by atoms with E-state index in [0.717, 1.165) is 52.1 Å². The van der Waals surface area contributed by atoms with Crippen molar-refractivity contribution in [1.29, 1.82) is 0 Å². The first kappa shape index (κ1) is 15.2. The van der Waals surface area contributed by atoms with Crippen molar-refractivity contribution < 1.29 is 9.47 Å². The van der Waals surface area contributed by atoms with E-state index < -0.39 is 0 Å². The minimum atomic E-state index is -0.280. The zero-order valence-corrected chi connectivity index (χ0v) is 12.8. The van der Waals surface area contributed by atoms with Crippen LogP contribution in [0.1, 0.15) is 46.5 Å². The number of ether oxygens (including phenoxy) is 2. The van der Waals surface area contributed by atoms with Crippen LogP contribution in [0.2, 0.25) is 0 Å². The number of likely N-dealkylation sites (N-methyl/N-ethyl adjacent to an activating group) is 1. The van der Waals surface area contributed by atoms with E-state index in [1.807, 2.05) is 0 Å². The lowest BCUT2D eigenvalue weighted by Gasteiger charge is -2.45. The first-order chi connectivity index (χ1) is 9.24. The lowest BCUT2D eigenvalue weighted by atomic mass is 9.84. The lowest BCUT2D eigenvalue weighted by Crippen LogP contribution is -2.57. The molecule has 1 saturated heterocycles. The summed E-state index contributed by atoms with van der Waals surface area (Å²) in [5.41, 5.74) is 0. The largest absolute Gasteiger partial charge is 0.347 e. The third-order valence-electron chi connectivity index (χ3n) is 4.57. The van der Waals surface area contributed by atoms with Gasteiger partial charge in [0, 0.05) is 24.9 Å². The Balaban J connectivity index is 2.04. The molecule has 1 saturated carbocycles. The molecular weight excluding hydrogens is 240 g/mol. The summed E-state index contributed by atoms with van der Waals surface area (Å²) in [6.45, 7) is 11.6. The van der Waals surface area contributed by atoms with Crippen molar-refractivity contribution in [3.05, 3.63) is 0 Å². The number of hydrogen-bond donors (Lipinski definition) is 1. The number of nitrogens with zero attached hydrogens (tertiary/aromatic N) is 1. The Morgan fingerprint density at radius 1 is 1.16 bits per heavy atom. The van der Waals surface area contributed by atoms with E-state index in [2.05, 4.69) is 31.0 Å². The molecule has 0 amide bonds. The fourth-order valence-corrected chi connectivity index (χ4v) is 3.53. The Labute approximate surface area is 117 Å². The summed E-state index contributed by atoms with van der Waals surface area (Å²) in [6, 6.07) is 1.12. The van der Waals surface area contributed by atoms with E-state index in [0.29, 0.717) is 12.1 Å². The molecule has 19 heavy (non-hydrogen) atoms. The van der Waals surface area contributed by atoms with E-state index in [4.69, 9.17) is 9.47 Å². The van der Waals surface area contributed by atoms with Gasteiger partial charge in [0.2, 0.25) is 0 Å². The van der Waals surface area contributed by atoms with Gasteiger partial charge < -0.3 is 14.8 Å². The smallest absolute Gasteiger partial charge is 0.170 e. The molecule has 1 heterocycles. The maximum Gasteiger partial charge on any atom is 0.170 e. The molecule has 0 aromatic carbocycles. The highest BCUT2D eigenvalue weighted by Crippen LogP contribution is 2.37. The summed E-state index contributed by atoms with van der Waals surface area (Å²) in [5, 5.41) is 3.72. The topological polar surface area (TPSA) is 33.7 Å². The number of nitrogens with one attached hydrogen (secondary N) is 1. The summed E-state index contributed by atoms with van der Waals surface area (Å²) < 4.78 is 11.9. The third-order valence-corrected chi connectivity index (χ3v) is 4.57. The van der Waals surface area contributed by atoms with Crippen molar-refractivity contribution in [1.82, 2.24) is 10.2 Å². The molecule has 4 heteroatoms. The molecule has 4 nitrogen and oxygen atoms in total. The maximum absolute atomic E-state index is 5.93. The van der Waals surface area contributed by atoms with Gasteiger partial charge in [-0.05, 0) is 32.5 Å². The predicted octanol–water partition coefficient (Wildman–Crippen LogP) is 1.99. The number of hydrogen-bond acceptors (Lipinski definition) is 4. The van der Waals surface area contributed by atoms with Gasteiger partial charge >= 0.3 is 0 Å². The molecule has 2 aliphatic rings. The van der Waals surface area contributed by atoms with E-state index in [-0.39, 0.29) is 5.79 Å². The fraction of sp³-hybridized carbons (Fsp3) is 1.00. The van der Waals surface area contributed by atoms with Crippen LogP contribution in [-0.4, -0.2) is 55.6 Å². The second-order valence-corrected chi connectivity index (χ2v) is 5.70. The molecule has 2 atom stereocenters. The predicted molar refractivity (Wildman–Crippen MR) is 77.3 cm³/mol. The second-order valence-electron chi connectivity index (χ2n) is 5.70. The Kier molecular flexibility index (Phi) is 5.63. The summed E-state index contributed by atoms with van der Waals surface area (Å²) >= 11 is 0. The minimum absolute atomic E-state index is 0.280. The van der Waals surface area contributed by atoms with Gasteiger partial charge in [-0.1, -0.05) is 20.8 Å². The average Bonchev–Trinajstić information content (AvgIpc) is 2.88. The molecular formula is C15H30N2O2. The van der Waals surface area contributed by atoms with Crippen LogP contribution in [0.5, 0.6) is 0 Å². The van der Waals surface area contributed by atoms with Crippen LogP contribution < -0.4 is 5.32 Å². The fourth-order valence-electron chi connectivity index (χ4n) is 3.53. The molecule has 2 rings (SSSR count). The summed E-state index contributed by atoms with van der Waals surface area (Å²) in [4.78, 5) is 2.55. The Hall–Kier alpha value is -0.160. The van der Waals surface area contributed by atoms with Gasteiger partial charge in [0.15, 0.2) is 5.79 Å². The summed E-state index contributed by atoms with van der Waals surface area (Å²) in [5.74, 6) is -0.280. The van der Waals surface area contributed by atoms with Gasteiger partial charge in [-0.25, -0.2) is 0 Å². The molecule has 1 N–H and O–H groups in total. The van der Waals surface area contributed by atoms with Crippen molar-refractivity contribution in [2.24, 2.45) is 0 Å². The maximum atomic E-state index is 5.93. The molecule has 0 radical (unpaired) electrons. The molecule has 1 spiro atoms. The van der Waals surface area contributed by atoms with Crippen molar-refractivity contribution in [3.63, 3.8) is 0 Å². The standard InChI is InChI=1S/C15H30N2O2/c1-4-9-16-13-7-8-15(18-10-11-19-15)12-14(13)17(5-2)6-3/h13-14,16H,4-12H2,1-3H3. The molecule has 2 unspecified atom stereocenters. The monoisotopic (exact) mass is 270 g/mol. The van der Waals surface area contributed by atoms with E-state index in [1.54, 1.807) is 0 Å². The minimum Gasteiger partial charge on any atom is -0.347 e. The zero-order valence-electron chi connectivity index (χ0n) is 12.8. The lowest BCUT2D eigenvalue weighted by molar-refractivity contribution is -0.193. The SMILES string of the molecule is CCCNC1CCC2(CC1N(CC)CC)OCCO2. The van der Waals surface area contributed by atoms with Gasteiger partial charge in [-0.15, -0.1) is 0 Å². The Morgan fingerprint density at radius 2 is 1.84 bits per heavy atom. The van der Waals surface area contributed by atoms with Crippen molar-refractivity contribution in [2.45, 2.75) is 64.3 Å². The normalized spacial score (nSPS) is 30.3. The van der Waals surface area contributed by atoms with Crippen LogP contribution in [0.25, 0.3) is 0 Å². The van der Waals surface area contributed by atoms with Crippen LogP contribution in [0.15, 0.2) is 0 Å². The van der Waals surface area contributed by atoms with Gasteiger partial charge in [0.05, 0.1) is 13.2 Å². The van der Waals surface area contributed by atoms with Crippen LogP contribution in [-0.2, 0) is 9.47 Å². The summed E-state index contributed by atoms with van der Waals surface area (Å²) in [6.07, 6.45) is 4.39. The zero-order chi connectivity index (χ0) is 13.7. The van der Waals surface area contributed by atoms with Crippen LogP contribution in [0.4, 0.5) is 0 Å². The van der Waals surface area contributed by atoms with Crippen molar-refractivity contribution >= 4 is 0 Å². The van der Waals surface area contributed by atoms with Crippen molar-refractivity contribution in [2.75, 3.05) is 32.8 Å². The third kappa shape index (κ3) is 3.48. The van der Waals surface area contributed by atoms with E-state index in [1.165, 1.54) is 6.42 Å². The highest BCUT2D eigenvalue weighted by molar-refractivity contribution is 4.96. The van der Waals surface area contributed by atoms with Crippen LogP contribution in [0.3, 0.4) is 0 Å². The Morgan fingerprint density at radius 3 is 2.42 bits per heavy atom. The van der Waals surface area contributed by atoms with Gasteiger partial charge in [0.25, 0.3) is 0 Å². The molecule has 2 fully saturated rings. The summed E-state index contributed by atoms with van der Waals surface area (Å²) in [7, 11) is 0. The van der Waals surface area contributed by atoms with Gasteiger partial charge in [-0.2, -0.15) is 0 Å².